The van der Waals surface area contributed by atoms with E-state index in [1.54, 1.807) is 49.4 Å². The number of hydrogen-bond acceptors (Lipinski definition) is 5. The molecule has 1 aliphatic heterocycles. The van der Waals surface area contributed by atoms with E-state index in [0.717, 1.165) is 6.42 Å². The Morgan fingerprint density at radius 2 is 1.88 bits per heavy atom. The van der Waals surface area contributed by atoms with Crippen LogP contribution >= 0.6 is 0 Å². The summed E-state index contributed by atoms with van der Waals surface area (Å²) in [5, 5.41) is 2.84. The van der Waals surface area contributed by atoms with Crippen molar-refractivity contribution in [1.29, 1.82) is 0 Å². The molecule has 4 rings (SSSR count). The average Bonchev–Trinajstić information content (AvgIpc) is 2.79. The largest absolute Gasteiger partial charge is 0.325 e. The Morgan fingerprint density at radius 3 is 2.62 bits per heavy atom. The van der Waals surface area contributed by atoms with Crippen molar-refractivity contribution in [3.8, 4) is 11.4 Å². The van der Waals surface area contributed by atoms with Gasteiger partial charge < -0.3 is 10.3 Å². The van der Waals surface area contributed by atoms with E-state index < -0.39 is 16.1 Å². The summed E-state index contributed by atoms with van der Waals surface area (Å²) in [4.78, 5) is 32.1. The summed E-state index contributed by atoms with van der Waals surface area (Å²) in [7, 11) is -3.79. The van der Waals surface area contributed by atoms with Crippen LogP contribution in [0.5, 0.6) is 0 Å². The summed E-state index contributed by atoms with van der Waals surface area (Å²) in [6.07, 6.45) is 1.93. The van der Waals surface area contributed by atoms with Crippen LogP contribution < -0.4 is 10.9 Å². The SMILES string of the molecule is Cc1cc(=O)[nH]c(-c2cccc(NC(=O)C3CCCCN3S(=O)(=O)c3ccccc3)c2)n1. The summed E-state index contributed by atoms with van der Waals surface area (Å²) in [6, 6.07) is 15.7. The molecule has 0 spiro atoms. The highest BCUT2D eigenvalue weighted by molar-refractivity contribution is 7.89. The van der Waals surface area contributed by atoms with Gasteiger partial charge in [-0.05, 0) is 44.0 Å². The lowest BCUT2D eigenvalue weighted by molar-refractivity contribution is -0.120. The van der Waals surface area contributed by atoms with Gasteiger partial charge in [0.15, 0.2) is 0 Å². The number of aromatic amines is 1. The first-order valence-electron chi connectivity index (χ1n) is 10.4. The average molecular weight is 453 g/mol. The number of H-pyrrole nitrogens is 1. The molecule has 166 valence electrons. The predicted molar refractivity (Wildman–Crippen MR) is 122 cm³/mol. The van der Waals surface area contributed by atoms with Gasteiger partial charge in [-0.15, -0.1) is 0 Å². The monoisotopic (exact) mass is 452 g/mol. The van der Waals surface area contributed by atoms with Gasteiger partial charge >= 0.3 is 0 Å². The first-order valence-corrected chi connectivity index (χ1v) is 11.8. The smallest absolute Gasteiger partial charge is 0.251 e. The van der Waals surface area contributed by atoms with E-state index in [2.05, 4.69) is 15.3 Å². The van der Waals surface area contributed by atoms with Crippen molar-refractivity contribution >= 4 is 21.6 Å². The third-order valence-electron chi connectivity index (χ3n) is 5.38. The van der Waals surface area contributed by atoms with Crippen molar-refractivity contribution in [2.45, 2.75) is 37.1 Å². The van der Waals surface area contributed by atoms with Gasteiger partial charge in [0.2, 0.25) is 15.9 Å². The summed E-state index contributed by atoms with van der Waals surface area (Å²) in [5.41, 5.74) is 1.47. The maximum Gasteiger partial charge on any atom is 0.251 e. The van der Waals surface area contributed by atoms with Crippen LogP contribution in [0.15, 0.2) is 70.4 Å². The molecule has 32 heavy (non-hydrogen) atoms. The minimum Gasteiger partial charge on any atom is -0.325 e. The van der Waals surface area contributed by atoms with E-state index in [9.17, 15) is 18.0 Å². The lowest BCUT2D eigenvalue weighted by atomic mass is 10.0. The molecule has 1 aromatic heterocycles. The molecule has 2 heterocycles. The number of sulfonamides is 1. The van der Waals surface area contributed by atoms with Crippen LogP contribution in [0, 0.1) is 6.92 Å². The molecule has 0 radical (unpaired) electrons. The second-order valence-corrected chi connectivity index (χ2v) is 9.64. The molecule has 3 aromatic rings. The van der Waals surface area contributed by atoms with Gasteiger partial charge in [-0.2, -0.15) is 4.31 Å². The van der Waals surface area contributed by atoms with Gasteiger partial charge in [-0.3, -0.25) is 9.59 Å². The number of hydrogen-bond donors (Lipinski definition) is 2. The van der Waals surface area contributed by atoms with E-state index in [0.29, 0.717) is 42.2 Å². The van der Waals surface area contributed by atoms with Crippen LogP contribution in [0.1, 0.15) is 25.0 Å². The number of aromatic nitrogens is 2. The number of carbonyl (C=O) groups excluding carboxylic acids is 1. The molecule has 1 amide bonds. The lowest BCUT2D eigenvalue weighted by Gasteiger charge is -2.33. The van der Waals surface area contributed by atoms with E-state index in [1.165, 1.54) is 22.5 Å². The van der Waals surface area contributed by atoms with E-state index in [1.807, 2.05) is 0 Å². The highest BCUT2D eigenvalue weighted by Crippen LogP contribution is 2.27. The van der Waals surface area contributed by atoms with Crippen LogP contribution in [0.2, 0.25) is 0 Å². The van der Waals surface area contributed by atoms with Crippen LogP contribution in [-0.2, 0) is 14.8 Å². The molecular formula is C23H24N4O4S. The first kappa shape index (κ1) is 21.9. The number of carbonyl (C=O) groups is 1. The zero-order valence-electron chi connectivity index (χ0n) is 17.6. The Kier molecular flexibility index (Phi) is 6.20. The summed E-state index contributed by atoms with van der Waals surface area (Å²) >= 11 is 0. The normalized spacial score (nSPS) is 17.1. The summed E-state index contributed by atoms with van der Waals surface area (Å²) in [6.45, 7) is 2.03. The molecule has 2 aromatic carbocycles. The van der Waals surface area contributed by atoms with Gasteiger partial charge in [-0.1, -0.05) is 36.8 Å². The lowest BCUT2D eigenvalue weighted by Crippen LogP contribution is -2.49. The Hall–Kier alpha value is -3.30. The van der Waals surface area contributed by atoms with Crippen molar-refractivity contribution < 1.29 is 13.2 Å². The maximum absolute atomic E-state index is 13.2. The fourth-order valence-corrected chi connectivity index (χ4v) is 5.55. The summed E-state index contributed by atoms with van der Waals surface area (Å²) < 4.78 is 27.6. The Bertz CT molecular complexity index is 1290. The van der Waals surface area contributed by atoms with E-state index in [-0.39, 0.29) is 16.4 Å². The molecule has 1 saturated heterocycles. The number of benzene rings is 2. The minimum absolute atomic E-state index is 0.177. The van der Waals surface area contributed by atoms with Gasteiger partial charge in [0, 0.05) is 29.6 Å². The Balaban J connectivity index is 1.58. The Morgan fingerprint density at radius 1 is 1.09 bits per heavy atom. The van der Waals surface area contributed by atoms with Crippen molar-refractivity contribution in [1.82, 2.24) is 14.3 Å². The topological polar surface area (TPSA) is 112 Å². The summed E-state index contributed by atoms with van der Waals surface area (Å²) in [5.74, 6) is 0.0177. The molecule has 9 heteroatoms. The number of piperidine rings is 1. The third-order valence-corrected chi connectivity index (χ3v) is 7.30. The molecule has 1 aliphatic rings. The van der Waals surface area contributed by atoms with Crippen molar-refractivity contribution in [2.24, 2.45) is 0 Å². The van der Waals surface area contributed by atoms with Crippen LogP contribution in [0.25, 0.3) is 11.4 Å². The maximum atomic E-state index is 13.2. The fraction of sp³-hybridized carbons (Fsp3) is 0.261. The number of anilines is 1. The zero-order chi connectivity index (χ0) is 22.7. The van der Waals surface area contributed by atoms with Crippen molar-refractivity contribution in [3.63, 3.8) is 0 Å². The number of rotatable bonds is 5. The molecule has 2 N–H and O–H groups in total. The molecular weight excluding hydrogens is 428 g/mol. The van der Waals surface area contributed by atoms with Crippen LogP contribution in [0.3, 0.4) is 0 Å². The number of aryl methyl sites for hydroxylation is 1. The zero-order valence-corrected chi connectivity index (χ0v) is 18.4. The third kappa shape index (κ3) is 4.63. The van der Waals surface area contributed by atoms with Gasteiger partial charge in [0.1, 0.15) is 11.9 Å². The van der Waals surface area contributed by atoms with Gasteiger partial charge in [0.25, 0.3) is 5.56 Å². The molecule has 1 unspecified atom stereocenters. The molecule has 8 nitrogen and oxygen atoms in total. The molecule has 1 fully saturated rings. The first-order chi connectivity index (χ1) is 15.3. The standard InChI is InChI=1S/C23H24N4O4S/c1-16-14-21(28)26-22(24-16)17-8-7-9-18(15-17)25-23(29)20-12-5-6-13-27(20)32(30,31)19-10-3-2-4-11-19/h2-4,7-11,14-15,20H,5-6,12-13H2,1H3,(H,25,29)(H,24,26,28). The molecule has 1 atom stereocenters. The number of amides is 1. The number of nitrogens with zero attached hydrogens (tertiary/aromatic N) is 2. The van der Waals surface area contributed by atoms with Crippen molar-refractivity contribution in [3.05, 3.63) is 76.7 Å². The second kappa shape index (κ2) is 9.05. The fourth-order valence-electron chi connectivity index (χ4n) is 3.87. The predicted octanol–water partition coefficient (Wildman–Crippen LogP) is 2.93. The van der Waals surface area contributed by atoms with Gasteiger partial charge in [0.05, 0.1) is 4.90 Å². The molecule has 0 aliphatic carbocycles. The van der Waals surface area contributed by atoms with Crippen molar-refractivity contribution in [2.75, 3.05) is 11.9 Å². The van der Waals surface area contributed by atoms with Crippen LogP contribution in [0.4, 0.5) is 5.69 Å². The quantitative estimate of drug-likeness (QED) is 0.618. The highest BCUT2D eigenvalue weighted by atomic mass is 32.2. The molecule has 0 bridgehead atoms. The van der Waals surface area contributed by atoms with Gasteiger partial charge in [-0.25, -0.2) is 13.4 Å². The molecule has 0 saturated carbocycles. The highest BCUT2D eigenvalue weighted by Gasteiger charge is 2.37. The second-order valence-electron chi connectivity index (χ2n) is 7.75. The van der Waals surface area contributed by atoms with E-state index in [4.69, 9.17) is 0 Å². The van der Waals surface area contributed by atoms with Crippen LogP contribution in [-0.4, -0.2) is 41.2 Å². The van der Waals surface area contributed by atoms with E-state index >= 15 is 0 Å². The minimum atomic E-state index is -3.79. The Labute approximate surface area is 186 Å². The number of nitrogens with one attached hydrogen (secondary N) is 2.